The van der Waals surface area contributed by atoms with Gasteiger partial charge in [-0.3, -0.25) is 9.36 Å². The normalized spacial score (nSPS) is 11.5. The highest BCUT2D eigenvalue weighted by Crippen LogP contribution is 2.37. The third-order valence-corrected chi connectivity index (χ3v) is 5.12. The molecule has 0 bridgehead atoms. The van der Waals surface area contributed by atoms with Gasteiger partial charge in [-0.15, -0.1) is 10.2 Å². The van der Waals surface area contributed by atoms with E-state index < -0.39 is 17.3 Å². The summed E-state index contributed by atoms with van der Waals surface area (Å²) in [6, 6.07) is 10.8. The zero-order valence-corrected chi connectivity index (χ0v) is 17.9. The Morgan fingerprint density at radius 1 is 1.09 bits per heavy atom. The zero-order chi connectivity index (χ0) is 22.7. The number of nitrogens with one attached hydrogen (secondary N) is 2. The van der Waals surface area contributed by atoms with Crippen LogP contribution in [0.25, 0.3) is 5.69 Å². The lowest BCUT2D eigenvalue weighted by Gasteiger charge is -2.15. The lowest BCUT2D eigenvalue weighted by molar-refractivity contribution is -0.137. The fourth-order valence-electron chi connectivity index (χ4n) is 3.06. The fourth-order valence-corrected chi connectivity index (χ4v) is 3.42. The van der Waals surface area contributed by atoms with Crippen molar-refractivity contribution in [2.45, 2.75) is 19.0 Å². The Balaban J connectivity index is 1.58. The molecule has 2 aromatic heterocycles. The molecule has 164 valence electrons. The van der Waals surface area contributed by atoms with E-state index in [2.05, 4.69) is 46.9 Å². The number of aromatic nitrogens is 6. The number of anilines is 2. The molecule has 0 saturated heterocycles. The molecule has 0 aliphatic carbocycles. The topological polar surface area (TPSA) is 101 Å². The lowest BCUT2D eigenvalue weighted by atomic mass is 10.1. The maximum Gasteiger partial charge on any atom is 0.418 e. The molecule has 0 unspecified atom stereocenters. The third kappa shape index (κ3) is 4.85. The predicted molar refractivity (Wildman–Crippen MR) is 114 cm³/mol. The molecular formula is C20H15BrF3N7O. The van der Waals surface area contributed by atoms with E-state index in [4.69, 9.17) is 0 Å². The van der Waals surface area contributed by atoms with Crippen molar-refractivity contribution in [1.82, 2.24) is 30.2 Å². The lowest BCUT2D eigenvalue weighted by Crippen LogP contribution is -2.22. The summed E-state index contributed by atoms with van der Waals surface area (Å²) in [4.78, 5) is 16.8. The van der Waals surface area contributed by atoms with Gasteiger partial charge in [-0.25, -0.2) is 4.98 Å². The van der Waals surface area contributed by atoms with E-state index in [1.54, 1.807) is 12.1 Å². The van der Waals surface area contributed by atoms with Crippen LogP contribution in [0.1, 0.15) is 17.0 Å². The Kier molecular flexibility index (Phi) is 6.04. The molecule has 0 fully saturated rings. The molecule has 4 aromatic rings. The number of alkyl halides is 3. The first kappa shape index (κ1) is 21.7. The molecule has 2 N–H and O–H groups in total. The number of halogens is 4. The Hall–Kier alpha value is -3.54. The molecule has 0 saturated carbocycles. The average Bonchev–Trinajstić information content (AvgIpc) is 3.28. The summed E-state index contributed by atoms with van der Waals surface area (Å²) in [7, 11) is 0. The Morgan fingerprint density at radius 3 is 2.56 bits per heavy atom. The first-order valence-corrected chi connectivity index (χ1v) is 10.1. The molecule has 0 radical (unpaired) electrons. The van der Waals surface area contributed by atoms with Crippen LogP contribution in [0.5, 0.6) is 0 Å². The van der Waals surface area contributed by atoms with Crippen LogP contribution < -0.4 is 10.9 Å². The number of rotatable bonds is 6. The van der Waals surface area contributed by atoms with Crippen LogP contribution in [0.15, 0.2) is 64.1 Å². The minimum Gasteiger partial charge on any atom is -0.335 e. The minimum atomic E-state index is -4.60. The van der Waals surface area contributed by atoms with E-state index in [9.17, 15) is 18.0 Å². The van der Waals surface area contributed by atoms with Crippen LogP contribution in [-0.4, -0.2) is 30.2 Å². The van der Waals surface area contributed by atoms with Crippen LogP contribution in [0.2, 0.25) is 0 Å². The van der Waals surface area contributed by atoms with E-state index in [0.717, 1.165) is 11.6 Å². The second-order valence-corrected chi connectivity index (χ2v) is 7.67. The molecule has 0 amide bonds. The Labute approximate surface area is 187 Å². The van der Waals surface area contributed by atoms with Crippen LogP contribution in [0, 0.1) is 0 Å². The number of aromatic amines is 1. The van der Waals surface area contributed by atoms with Gasteiger partial charge >= 0.3 is 6.18 Å². The third-order valence-electron chi connectivity index (χ3n) is 4.62. The molecule has 4 rings (SSSR count). The Morgan fingerprint density at radius 2 is 1.88 bits per heavy atom. The molecule has 8 nitrogen and oxygen atoms in total. The fraction of sp³-hybridized carbons (Fsp3) is 0.150. The van der Waals surface area contributed by atoms with E-state index >= 15 is 0 Å². The summed E-state index contributed by atoms with van der Waals surface area (Å²) in [5.41, 5.74) is -0.198. The van der Waals surface area contributed by atoms with Gasteiger partial charge in [0, 0.05) is 29.0 Å². The summed E-state index contributed by atoms with van der Waals surface area (Å²) in [5.74, 6) is 0.378. The highest BCUT2D eigenvalue weighted by atomic mass is 79.9. The van der Waals surface area contributed by atoms with Gasteiger partial charge in [0.15, 0.2) is 11.6 Å². The molecule has 0 aliphatic heterocycles. The number of tetrazole rings is 1. The van der Waals surface area contributed by atoms with Gasteiger partial charge in [-0.05, 0) is 42.3 Å². The van der Waals surface area contributed by atoms with Gasteiger partial charge in [0.05, 0.1) is 11.3 Å². The number of H-pyrrole nitrogens is 1. The Bertz CT molecular complexity index is 1270. The number of hydrogen-bond acceptors (Lipinski definition) is 6. The van der Waals surface area contributed by atoms with Crippen LogP contribution in [0.4, 0.5) is 24.7 Å². The highest BCUT2D eigenvalue weighted by Gasteiger charge is 2.34. The van der Waals surface area contributed by atoms with Crippen molar-refractivity contribution < 1.29 is 13.2 Å². The number of nitrogens with zero attached hydrogens (tertiary/aromatic N) is 5. The van der Waals surface area contributed by atoms with E-state index in [0.29, 0.717) is 24.4 Å². The van der Waals surface area contributed by atoms with Crippen molar-refractivity contribution in [3.8, 4) is 5.69 Å². The van der Waals surface area contributed by atoms with Crippen molar-refractivity contribution in [3.05, 3.63) is 86.6 Å². The zero-order valence-electron chi connectivity index (χ0n) is 16.3. The minimum absolute atomic E-state index is 0.221. The molecule has 2 aromatic carbocycles. The number of aryl methyl sites for hydroxylation is 2. The van der Waals surface area contributed by atoms with E-state index in [-0.39, 0.29) is 16.0 Å². The van der Waals surface area contributed by atoms with Gasteiger partial charge in [-0.2, -0.15) is 18.4 Å². The summed E-state index contributed by atoms with van der Waals surface area (Å²) in [5, 5.41) is 16.2. The van der Waals surface area contributed by atoms with Gasteiger partial charge in [-0.1, -0.05) is 33.3 Å². The van der Waals surface area contributed by atoms with Crippen molar-refractivity contribution in [2.24, 2.45) is 0 Å². The van der Waals surface area contributed by atoms with Crippen molar-refractivity contribution >= 4 is 27.4 Å². The molecule has 2 heterocycles. The van der Waals surface area contributed by atoms with E-state index in [1.807, 2.05) is 12.1 Å². The van der Waals surface area contributed by atoms with Gasteiger partial charge in [0.2, 0.25) is 0 Å². The molecule has 0 spiro atoms. The number of benzene rings is 2. The SMILES string of the molecule is O=c1c(Nc2ccc(Br)cc2C(F)(F)F)nccn1-c1ccc(CCc2nn[nH]n2)cc1. The van der Waals surface area contributed by atoms with E-state index in [1.165, 1.54) is 29.1 Å². The molecule has 0 aliphatic rings. The molecule has 12 heteroatoms. The smallest absolute Gasteiger partial charge is 0.335 e. The van der Waals surface area contributed by atoms with Crippen molar-refractivity contribution in [2.75, 3.05) is 5.32 Å². The molecular weight excluding hydrogens is 491 g/mol. The highest BCUT2D eigenvalue weighted by molar-refractivity contribution is 9.10. The second kappa shape index (κ2) is 8.91. The van der Waals surface area contributed by atoms with Crippen LogP contribution in [0.3, 0.4) is 0 Å². The second-order valence-electron chi connectivity index (χ2n) is 6.76. The first-order chi connectivity index (χ1) is 15.3. The summed E-state index contributed by atoms with van der Waals surface area (Å²) >= 11 is 3.04. The standard InChI is InChI=1S/C20H15BrF3N7O/c21-13-4-7-16(15(11-13)20(22,23)24)26-18-19(32)31(10-9-25-18)14-5-1-12(2-6-14)3-8-17-27-29-30-28-17/h1-2,4-7,9-11H,3,8H2,(H,25,26)(H,27,28,29,30). The summed E-state index contributed by atoms with van der Waals surface area (Å²) < 4.78 is 41.7. The number of hydrogen-bond donors (Lipinski definition) is 2. The quantitative estimate of drug-likeness (QED) is 0.409. The predicted octanol–water partition coefficient (Wildman–Crippen LogP) is 4.06. The maximum atomic E-state index is 13.4. The summed E-state index contributed by atoms with van der Waals surface area (Å²) in [6.45, 7) is 0. The van der Waals surface area contributed by atoms with Crippen LogP contribution >= 0.6 is 15.9 Å². The monoisotopic (exact) mass is 505 g/mol. The largest absolute Gasteiger partial charge is 0.418 e. The van der Waals surface area contributed by atoms with Crippen LogP contribution in [-0.2, 0) is 19.0 Å². The first-order valence-electron chi connectivity index (χ1n) is 9.34. The van der Waals surface area contributed by atoms with Gasteiger partial charge < -0.3 is 5.32 Å². The average molecular weight is 506 g/mol. The molecule has 32 heavy (non-hydrogen) atoms. The van der Waals surface area contributed by atoms with Gasteiger partial charge in [0.25, 0.3) is 5.56 Å². The molecule has 0 atom stereocenters. The van der Waals surface area contributed by atoms with Crippen molar-refractivity contribution in [1.29, 1.82) is 0 Å². The maximum absolute atomic E-state index is 13.4. The van der Waals surface area contributed by atoms with Crippen molar-refractivity contribution in [3.63, 3.8) is 0 Å². The van der Waals surface area contributed by atoms with Gasteiger partial charge in [0.1, 0.15) is 0 Å². The summed E-state index contributed by atoms with van der Waals surface area (Å²) in [6.07, 6.45) is -0.513.